The van der Waals surface area contributed by atoms with Gasteiger partial charge in [0.05, 0.1) is 0 Å². The van der Waals surface area contributed by atoms with Crippen LogP contribution in [0.4, 0.5) is 14.7 Å². The molecular weight excluding hydrogens is 298 g/mol. The maximum absolute atomic E-state index is 13.5. The monoisotopic (exact) mass is 310 g/mol. The van der Waals surface area contributed by atoms with Crippen molar-refractivity contribution in [3.05, 3.63) is 83.7 Å². The van der Waals surface area contributed by atoms with Crippen LogP contribution >= 0.6 is 0 Å². The fraction of sp³-hybridized carbons (Fsp3) is 0.0588. The van der Waals surface area contributed by atoms with Crippen LogP contribution in [-0.4, -0.2) is 14.8 Å². The van der Waals surface area contributed by atoms with Gasteiger partial charge in [-0.15, -0.1) is 0 Å². The summed E-state index contributed by atoms with van der Waals surface area (Å²) in [6, 6.07) is 13.4. The van der Waals surface area contributed by atoms with E-state index in [9.17, 15) is 8.78 Å². The van der Waals surface area contributed by atoms with Gasteiger partial charge in [-0.25, -0.2) is 13.5 Å². The third-order valence-electron chi connectivity index (χ3n) is 3.78. The van der Waals surface area contributed by atoms with Crippen LogP contribution in [0.3, 0.4) is 0 Å². The first-order valence-corrected chi connectivity index (χ1v) is 7.11. The van der Waals surface area contributed by atoms with E-state index in [1.807, 2.05) is 36.4 Å². The number of hydrogen-bond donors (Lipinski definition) is 1. The lowest BCUT2D eigenvalue weighted by Crippen LogP contribution is -2.20. The van der Waals surface area contributed by atoms with Gasteiger partial charge in [0.25, 0.3) is 0 Å². The Morgan fingerprint density at radius 3 is 2.61 bits per heavy atom. The number of rotatable bonds is 2. The van der Waals surface area contributed by atoms with Gasteiger partial charge < -0.3 is 5.32 Å². The van der Waals surface area contributed by atoms with Crippen molar-refractivity contribution in [2.24, 2.45) is 0 Å². The van der Waals surface area contributed by atoms with Crippen molar-refractivity contribution in [2.45, 2.75) is 6.04 Å². The van der Waals surface area contributed by atoms with Crippen LogP contribution in [0.5, 0.6) is 0 Å². The predicted molar refractivity (Wildman–Crippen MR) is 82.6 cm³/mol. The average molecular weight is 310 g/mol. The number of nitrogens with one attached hydrogen (secondary N) is 1. The molecule has 2 heterocycles. The zero-order valence-corrected chi connectivity index (χ0v) is 11.9. The summed E-state index contributed by atoms with van der Waals surface area (Å²) in [5.41, 5.74) is 2.25. The topological polar surface area (TPSA) is 42.7 Å². The maximum atomic E-state index is 13.5. The van der Waals surface area contributed by atoms with Crippen LogP contribution in [0, 0.1) is 11.6 Å². The molecule has 114 valence electrons. The van der Waals surface area contributed by atoms with E-state index in [4.69, 9.17) is 0 Å². The number of nitrogens with zero attached hydrogens (tertiary/aromatic N) is 3. The number of aromatic nitrogens is 3. The van der Waals surface area contributed by atoms with Crippen molar-refractivity contribution >= 4 is 11.6 Å². The fourth-order valence-electron chi connectivity index (χ4n) is 2.65. The van der Waals surface area contributed by atoms with E-state index in [0.29, 0.717) is 17.2 Å². The Balaban J connectivity index is 1.82. The summed E-state index contributed by atoms with van der Waals surface area (Å²) < 4.78 is 28.4. The van der Waals surface area contributed by atoms with Gasteiger partial charge in [-0.3, -0.25) is 0 Å². The number of anilines is 1. The van der Waals surface area contributed by atoms with E-state index in [1.54, 1.807) is 4.68 Å². The standard InChI is InChI=1S/C17H12F2N4/c18-13-7-6-12(8-14(13)19)15-9-16(11-4-2-1-3-5-11)23-17(22-15)20-10-21-23/h1-10,16H,(H,20,21,22). The molecule has 0 spiro atoms. The number of benzene rings is 2. The first-order valence-electron chi connectivity index (χ1n) is 7.11. The summed E-state index contributed by atoms with van der Waals surface area (Å²) >= 11 is 0. The van der Waals surface area contributed by atoms with Crippen LogP contribution in [0.15, 0.2) is 60.9 Å². The van der Waals surface area contributed by atoms with E-state index >= 15 is 0 Å². The molecule has 4 nitrogen and oxygen atoms in total. The second kappa shape index (κ2) is 5.31. The third-order valence-corrected chi connectivity index (χ3v) is 3.78. The molecule has 0 saturated carbocycles. The summed E-state index contributed by atoms with van der Waals surface area (Å²) in [7, 11) is 0. The number of allylic oxidation sites excluding steroid dienone is 1. The quantitative estimate of drug-likeness (QED) is 0.786. The molecule has 0 amide bonds. The summed E-state index contributed by atoms with van der Waals surface area (Å²) in [5, 5.41) is 7.34. The van der Waals surface area contributed by atoms with Gasteiger partial charge in [-0.05, 0) is 29.8 Å². The Kier molecular flexibility index (Phi) is 3.15. The highest BCUT2D eigenvalue weighted by Crippen LogP contribution is 2.32. The lowest BCUT2D eigenvalue weighted by Gasteiger charge is -2.24. The molecule has 2 aromatic carbocycles. The highest BCUT2D eigenvalue weighted by molar-refractivity contribution is 5.77. The van der Waals surface area contributed by atoms with Crippen molar-refractivity contribution in [3.63, 3.8) is 0 Å². The van der Waals surface area contributed by atoms with Gasteiger partial charge in [0.1, 0.15) is 12.4 Å². The molecule has 1 atom stereocenters. The Labute approximate surface area is 131 Å². The highest BCUT2D eigenvalue weighted by Gasteiger charge is 2.23. The zero-order chi connectivity index (χ0) is 15.8. The minimum atomic E-state index is -0.881. The van der Waals surface area contributed by atoms with Gasteiger partial charge in [0.2, 0.25) is 5.95 Å². The van der Waals surface area contributed by atoms with E-state index in [0.717, 1.165) is 11.6 Å². The maximum Gasteiger partial charge on any atom is 0.226 e. The highest BCUT2D eigenvalue weighted by atomic mass is 19.2. The Hall–Kier alpha value is -3.02. The number of fused-ring (bicyclic) bond motifs is 1. The van der Waals surface area contributed by atoms with Crippen molar-refractivity contribution in [1.82, 2.24) is 14.8 Å². The van der Waals surface area contributed by atoms with E-state index in [-0.39, 0.29) is 6.04 Å². The molecule has 1 aliphatic rings. The molecule has 4 rings (SSSR count). The normalized spacial score (nSPS) is 16.4. The van der Waals surface area contributed by atoms with E-state index in [1.165, 1.54) is 18.5 Å². The van der Waals surface area contributed by atoms with Crippen molar-refractivity contribution in [3.8, 4) is 0 Å². The molecule has 23 heavy (non-hydrogen) atoms. The van der Waals surface area contributed by atoms with Crippen molar-refractivity contribution < 1.29 is 8.78 Å². The largest absolute Gasteiger partial charge is 0.324 e. The molecule has 1 aliphatic heterocycles. The van der Waals surface area contributed by atoms with Gasteiger partial charge >= 0.3 is 0 Å². The van der Waals surface area contributed by atoms with Crippen molar-refractivity contribution in [1.29, 1.82) is 0 Å². The predicted octanol–water partition coefficient (Wildman–Crippen LogP) is 3.61. The van der Waals surface area contributed by atoms with Gasteiger partial charge in [-0.2, -0.15) is 10.1 Å². The van der Waals surface area contributed by atoms with Crippen LogP contribution in [0.1, 0.15) is 17.2 Å². The van der Waals surface area contributed by atoms with Crippen LogP contribution in [0.25, 0.3) is 5.70 Å². The van der Waals surface area contributed by atoms with Crippen LogP contribution < -0.4 is 5.32 Å². The molecular formula is C17H12F2N4. The molecule has 3 aromatic rings. The summed E-state index contributed by atoms with van der Waals surface area (Å²) in [5.74, 6) is -1.19. The third kappa shape index (κ3) is 2.38. The fourth-order valence-corrected chi connectivity index (χ4v) is 2.65. The second-order valence-electron chi connectivity index (χ2n) is 5.22. The molecule has 1 unspecified atom stereocenters. The van der Waals surface area contributed by atoms with E-state index in [2.05, 4.69) is 15.4 Å². The molecule has 0 fully saturated rings. The Morgan fingerprint density at radius 1 is 1.00 bits per heavy atom. The molecule has 0 aliphatic carbocycles. The van der Waals surface area contributed by atoms with Crippen molar-refractivity contribution in [2.75, 3.05) is 5.32 Å². The molecule has 0 bridgehead atoms. The minimum absolute atomic E-state index is 0.168. The number of halogens is 2. The molecule has 1 aromatic heterocycles. The minimum Gasteiger partial charge on any atom is -0.324 e. The first-order chi connectivity index (χ1) is 11.2. The SMILES string of the molecule is Fc1ccc(C2=CC(c3ccccc3)n3ncnc3N2)cc1F. The molecule has 6 heteroatoms. The van der Waals surface area contributed by atoms with Gasteiger partial charge in [-0.1, -0.05) is 30.3 Å². The molecule has 0 radical (unpaired) electrons. The summed E-state index contributed by atoms with van der Waals surface area (Å²) in [6.45, 7) is 0. The summed E-state index contributed by atoms with van der Waals surface area (Å²) in [4.78, 5) is 4.18. The van der Waals surface area contributed by atoms with Gasteiger partial charge in [0.15, 0.2) is 11.6 Å². The zero-order valence-electron chi connectivity index (χ0n) is 11.9. The van der Waals surface area contributed by atoms with E-state index < -0.39 is 11.6 Å². The average Bonchev–Trinajstić information content (AvgIpc) is 3.06. The lowest BCUT2D eigenvalue weighted by atomic mass is 10.0. The Morgan fingerprint density at radius 2 is 1.83 bits per heavy atom. The second-order valence-corrected chi connectivity index (χ2v) is 5.22. The number of hydrogen-bond acceptors (Lipinski definition) is 3. The van der Waals surface area contributed by atoms with Crippen LogP contribution in [-0.2, 0) is 0 Å². The Bertz CT molecular complexity index is 887. The molecule has 0 saturated heterocycles. The van der Waals surface area contributed by atoms with Gasteiger partial charge in [0, 0.05) is 11.3 Å². The summed E-state index contributed by atoms with van der Waals surface area (Å²) in [6.07, 6.45) is 3.38. The molecule has 1 N–H and O–H groups in total. The lowest BCUT2D eigenvalue weighted by molar-refractivity contribution is 0.508. The smallest absolute Gasteiger partial charge is 0.226 e. The van der Waals surface area contributed by atoms with Crippen LogP contribution in [0.2, 0.25) is 0 Å². The first kappa shape index (κ1) is 13.6.